The van der Waals surface area contributed by atoms with Crippen LogP contribution in [0.2, 0.25) is 0 Å². The molecule has 0 spiro atoms. The van der Waals surface area contributed by atoms with Gasteiger partial charge in [0, 0.05) is 30.6 Å². The van der Waals surface area contributed by atoms with Crippen molar-refractivity contribution in [2.24, 2.45) is 0 Å². The summed E-state index contributed by atoms with van der Waals surface area (Å²) in [6.07, 6.45) is 1.03. The highest BCUT2D eigenvalue weighted by Gasteiger charge is 2.12. The van der Waals surface area contributed by atoms with E-state index in [1.54, 1.807) is 7.11 Å². The summed E-state index contributed by atoms with van der Waals surface area (Å²) in [5.41, 5.74) is 2.73. The highest BCUT2D eigenvalue weighted by Crippen LogP contribution is 2.22. The SMILES string of the molecule is COCCNCC(Cc1cccc(Br)c1)c1ccccc1. The predicted octanol–water partition coefficient (Wildman–Crippen LogP) is 4.01. The summed E-state index contributed by atoms with van der Waals surface area (Å²) in [4.78, 5) is 0. The van der Waals surface area contributed by atoms with Crippen molar-refractivity contribution in [2.45, 2.75) is 12.3 Å². The first-order valence-corrected chi connectivity index (χ1v) is 8.08. The molecule has 2 aromatic rings. The molecule has 0 fully saturated rings. The minimum atomic E-state index is 0.470. The van der Waals surface area contributed by atoms with Crippen molar-refractivity contribution >= 4 is 15.9 Å². The number of benzene rings is 2. The van der Waals surface area contributed by atoms with Crippen LogP contribution in [0.1, 0.15) is 17.0 Å². The van der Waals surface area contributed by atoms with Crippen LogP contribution in [0.25, 0.3) is 0 Å². The third-order valence-corrected chi connectivity index (χ3v) is 4.01. The molecule has 1 N–H and O–H groups in total. The Hall–Kier alpha value is -1.16. The van der Waals surface area contributed by atoms with Gasteiger partial charge in [0.15, 0.2) is 0 Å². The van der Waals surface area contributed by atoms with E-state index in [1.807, 2.05) is 0 Å². The van der Waals surface area contributed by atoms with Crippen molar-refractivity contribution in [1.29, 1.82) is 0 Å². The van der Waals surface area contributed by atoms with E-state index in [-0.39, 0.29) is 0 Å². The maximum atomic E-state index is 5.09. The predicted molar refractivity (Wildman–Crippen MR) is 91.8 cm³/mol. The van der Waals surface area contributed by atoms with E-state index in [9.17, 15) is 0 Å². The lowest BCUT2D eigenvalue weighted by Gasteiger charge is -2.18. The van der Waals surface area contributed by atoms with Crippen LogP contribution < -0.4 is 5.32 Å². The molecule has 0 saturated carbocycles. The quantitative estimate of drug-likeness (QED) is 0.728. The Bertz CT molecular complexity index is 530. The molecule has 0 radical (unpaired) electrons. The molecular formula is C18H22BrNO. The minimum absolute atomic E-state index is 0.470. The van der Waals surface area contributed by atoms with Gasteiger partial charge in [-0.3, -0.25) is 0 Å². The largest absolute Gasteiger partial charge is 0.383 e. The van der Waals surface area contributed by atoms with Gasteiger partial charge in [-0.1, -0.05) is 58.4 Å². The fraction of sp³-hybridized carbons (Fsp3) is 0.333. The van der Waals surface area contributed by atoms with Crippen LogP contribution in [0.3, 0.4) is 0 Å². The van der Waals surface area contributed by atoms with Gasteiger partial charge in [0.1, 0.15) is 0 Å². The lowest BCUT2D eigenvalue weighted by atomic mass is 9.92. The number of nitrogens with one attached hydrogen (secondary N) is 1. The van der Waals surface area contributed by atoms with Gasteiger partial charge in [0.05, 0.1) is 6.61 Å². The first-order valence-electron chi connectivity index (χ1n) is 7.28. The Balaban J connectivity index is 2.04. The van der Waals surface area contributed by atoms with Crippen LogP contribution in [0, 0.1) is 0 Å². The molecule has 0 heterocycles. The number of halogens is 1. The van der Waals surface area contributed by atoms with Crippen LogP contribution >= 0.6 is 15.9 Å². The summed E-state index contributed by atoms with van der Waals surface area (Å²) in [6, 6.07) is 19.3. The lowest BCUT2D eigenvalue weighted by Crippen LogP contribution is -2.26. The highest BCUT2D eigenvalue weighted by molar-refractivity contribution is 9.10. The van der Waals surface area contributed by atoms with Crippen molar-refractivity contribution < 1.29 is 4.74 Å². The maximum Gasteiger partial charge on any atom is 0.0587 e. The van der Waals surface area contributed by atoms with Gasteiger partial charge in [-0.15, -0.1) is 0 Å². The van der Waals surface area contributed by atoms with E-state index in [1.165, 1.54) is 11.1 Å². The fourth-order valence-electron chi connectivity index (χ4n) is 2.43. The second kappa shape index (κ2) is 8.98. The second-order valence-electron chi connectivity index (χ2n) is 5.14. The molecule has 3 heteroatoms. The van der Waals surface area contributed by atoms with Crippen molar-refractivity contribution in [2.75, 3.05) is 26.8 Å². The first-order chi connectivity index (χ1) is 10.3. The number of ether oxygens (including phenoxy) is 1. The molecule has 0 amide bonds. The topological polar surface area (TPSA) is 21.3 Å². The third kappa shape index (κ3) is 5.62. The average molecular weight is 348 g/mol. The van der Waals surface area contributed by atoms with Gasteiger partial charge >= 0.3 is 0 Å². The van der Waals surface area contributed by atoms with Crippen molar-refractivity contribution in [1.82, 2.24) is 5.32 Å². The van der Waals surface area contributed by atoms with E-state index >= 15 is 0 Å². The minimum Gasteiger partial charge on any atom is -0.383 e. The molecule has 0 aromatic heterocycles. The molecule has 0 aliphatic heterocycles. The van der Waals surface area contributed by atoms with Crippen LogP contribution in [0.4, 0.5) is 0 Å². The molecule has 2 rings (SSSR count). The van der Waals surface area contributed by atoms with Crippen molar-refractivity contribution in [3.05, 3.63) is 70.2 Å². The van der Waals surface area contributed by atoms with Gasteiger partial charge in [-0.25, -0.2) is 0 Å². The van der Waals surface area contributed by atoms with E-state index in [2.05, 4.69) is 75.8 Å². The molecule has 2 aromatic carbocycles. The fourth-order valence-corrected chi connectivity index (χ4v) is 2.88. The molecule has 0 aliphatic rings. The lowest BCUT2D eigenvalue weighted by molar-refractivity contribution is 0.199. The zero-order chi connectivity index (χ0) is 14.9. The maximum absolute atomic E-state index is 5.09. The van der Waals surface area contributed by atoms with Crippen LogP contribution in [0.5, 0.6) is 0 Å². The van der Waals surface area contributed by atoms with Crippen molar-refractivity contribution in [3.8, 4) is 0 Å². The summed E-state index contributed by atoms with van der Waals surface area (Å²) in [6.45, 7) is 2.59. The van der Waals surface area contributed by atoms with Gasteiger partial charge < -0.3 is 10.1 Å². The molecule has 21 heavy (non-hydrogen) atoms. The van der Waals surface area contributed by atoms with Crippen LogP contribution in [-0.4, -0.2) is 26.8 Å². The van der Waals surface area contributed by atoms with E-state index in [0.717, 1.165) is 30.6 Å². The monoisotopic (exact) mass is 347 g/mol. The summed E-state index contributed by atoms with van der Waals surface area (Å²) >= 11 is 3.55. The Morgan fingerprint density at radius 2 is 1.90 bits per heavy atom. The molecule has 2 nitrogen and oxygen atoms in total. The average Bonchev–Trinajstić information content (AvgIpc) is 2.51. The summed E-state index contributed by atoms with van der Waals surface area (Å²) in [5.74, 6) is 0.470. The molecule has 1 unspecified atom stereocenters. The van der Waals surface area contributed by atoms with E-state index in [4.69, 9.17) is 4.74 Å². The Kier molecular flexibility index (Phi) is 6.93. The summed E-state index contributed by atoms with van der Waals surface area (Å²) < 4.78 is 6.23. The van der Waals surface area contributed by atoms with Gasteiger partial charge in [0.2, 0.25) is 0 Å². The van der Waals surface area contributed by atoms with Gasteiger partial charge in [0.25, 0.3) is 0 Å². The molecule has 0 aliphatic carbocycles. The van der Waals surface area contributed by atoms with E-state index < -0.39 is 0 Å². The highest BCUT2D eigenvalue weighted by atomic mass is 79.9. The Morgan fingerprint density at radius 3 is 2.62 bits per heavy atom. The normalized spacial score (nSPS) is 12.3. The van der Waals surface area contributed by atoms with Gasteiger partial charge in [-0.05, 0) is 29.7 Å². The Labute approximate surface area is 135 Å². The zero-order valence-electron chi connectivity index (χ0n) is 12.4. The third-order valence-electron chi connectivity index (χ3n) is 3.52. The Morgan fingerprint density at radius 1 is 1.10 bits per heavy atom. The second-order valence-corrected chi connectivity index (χ2v) is 6.05. The number of hydrogen-bond acceptors (Lipinski definition) is 2. The number of hydrogen-bond donors (Lipinski definition) is 1. The number of rotatable bonds is 8. The first kappa shape index (κ1) is 16.2. The molecule has 1 atom stereocenters. The summed E-state index contributed by atoms with van der Waals surface area (Å²) in [5, 5.41) is 3.48. The number of methoxy groups -OCH3 is 1. The van der Waals surface area contributed by atoms with Crippen LogP contribution in [0.15, 0.2) is 59.1 Å². The molecular weight excluding hydrogens is 326 g/mol. The van der Waals surface area contributed by atoms with Gasteiger partial charge in [-0.2, -0.15) is 0 Å². The molecule has 0 saturated heterocycles. The van der Waals surface area contributed by atoms with Crippen molar-refractivity contribution in [3.63, 3.8) is 0 Å². The standard InChI is InChI=1S/C18H22BrNO/c1-21-11-10-20-14-17(16-7-3-2-4-8-16)12-15-6-5-9-18(19)13-15/h2-9,13,17,20H,10-12,14H2,1H3. The smallest absolute Gasteiger partial charge is 0.0587 e. The molecule has 112 valence electrons. The summed E-state index contributed by atoms with van der Waals surface area (Å²) in [7, 11) is 1.73. The zero-order valence-corrected chi connectivity index (χ0v) is 14.0. The molecule has 0 bridgehead atoms. The van der Waals surface area contributed by atoms with Crippen LogP contribution in [-0.2, 0) is 11.2 Å². The van der Waals surface area contributed by atoms with E-state index in [0.29, 0.717) is 5.92 Å².